The number of hydrogen-bond donors (Lipinski definition) is 1. The average Bonchev–Trinajstić information content (AvgIpc) is 2.23. The van der Waals surface area contributed by atoms with Gasteiger partial charge in [0.1, 0.15) is 0 Å². The summed E-state index contributed by atoms with van der Waals surface area (Å²) < 4.78 is 0. The normalized spacial score (nSPS) is 12.8. The molecule has 1 unspecified atom stereocenters. The van der Waals surface area contributed by atoms with Gasteiger partial charge in [-0.1, -0.05) is 36.1 Å². The molecule has 0 aromatic heterocycles. The van der Waals surface area contributed by atoms with Crippen LogP contribution >= 0.6 is 0 Å². The quantitative estimate of drug-likeness (QED) is 0.779. The number of hydrogen-bond acceptors (Lipinski definition) is 1. The Morgan fingerprint density at radius 1 is 1.24 bits per heavy atom. The molecule has 1 aromatic rings. The van der Waals surface area contributed by atoms with Crippen molar-refractivity contribution in [3.05, 3.63) is 35.4 Å². The summed E-state index contributed by atoms with van der Waals surface area (Å²) >= 11 is 0. The average molecular weight is 229 g/mol. The predicted octanol–water partition coefficient (Wildman–Crippen LogP) is 3.70. The molecule has 0 radical (unpaired) electrons. The van der Waals surface area contributed by atoms with Crippen molar-refractivity contribution in [2.45, 2.75) is 40.7 Å². The fraction of sp³-hybridized carbons (Fsp3) is 0.500. The Balaban J connectivity index is 2.53. The highest BCUT2D eigenvalue weighted by Crippen LogP contribution is 2.16. The largest absolute Gasteiger partial charge is 0.300 e. The molecule has 0 bridgehead atoms. The fourth-order valence-corrected chi connectivity index (χ4v) is 1.70. The predicted molar refractivity (Wildman–Crippen MR) is 74.8 cm³/mol. The Morgan fingerprint density at radius 3 is 2.47 bits per heavy atom. The van der Waals surface area contributed by atoms with E-state index >= 15 is 0 Å². The van der Waals surface area contributed by atoms with Crippen molar-refractivity contribution in [1.82, 2.24) is 5.32 Å². The lowest BCUT2D eigenvalue weighted by Gasteiger charge is -2.15. The van der Waals surface area contributed by atoms with Gasteiger partial charge in [0.25, 0.3) is 0 Å². The van der Waals surface area contributed by atoms with Gasteiger partial charge in [-0.15, -0.1) is 0 Å². The van der Waals surface area contributed by atoms with Crippen molar-refractivity contribution in [2.75, 3.05) is 6.54 Å². The van der Waals surface area contributed by atoms with Gasteiger partial charge in [0.05, 0.1) is 6.54 Å². The minimum absolute atomic E-state index is 0.0909. The van der Waals surface area contributed by atoms with Crippen molar-refractivity contribution >= 4 is 0 Å². The van der Waals surface area contributed by atoms with E-state index in [1.807, 2.05) is 0 Å². The van der Waals surface area contributed by atoms with Crippen LogP contribution in [0.5, 0.6) is 0 Å². The summed E-state index contributed by atoms with van der Waals surface area (Å²) in [6, 6.07) is 8.83. The van der Waals surface area contributed by atoms with E-state index in [9.17, 15) is 0 Å². The second kappa shape index (κ2) is 5.89. The van der Waals surface area contributed by atoms with Gasteiger partial charge in [-0.05, 0) is 45.7 Å². The number of aryl methyl sites for hydroxylation is 1. The van der Waals surface area contributed by atoms with Crippen molar-refractivity contribution in [2.24, 2.45) is 5.41 Å². The first-order valence-electron chi connectivity index (χ1n) is 6.19. The van der Waals surface area contributed by atoms with Gasteiger partial charge in [0.2, 0.25) is 0 Å². The highest BCUT2D eigenvalue weighted by molar-refractivity contribution is 5.28. The lowest BCUT2D eigenvalue weighted by atomic mass is 9.98. The van der Waals surface area contributed by atoms with Gasteiger partial charge < -0.3 is 0 Å². The minimum atomic E-state index is 0.0909. The third-order valence-electron chi connectivity index (χ3n) is 2.61. The zero-order valence-electron chi connectivity index (χ0n) is 11.6. The van der Waals surface area contributed by atoms with E-state index in [0.717, 1.165) is 6.54 Å². The van der Waals surface area contributed by atoms with Gasteiger partial charge in [-0.2, -0.15) is 0 Å². The van der Waals surface area contributed by atoms with Crippen LogP contribution in [0.3, 0.4) is 0 Å². The van der Waals surface area contributed by atoms with Crippen LogP contribution in [0.2, 0.25) is 0 Å². The molecule has 0 aliphatic heterocycles. The third kappa shape index (κ3) is 5.06. The van der Waals surface area contributed by atoms with E-state index < -0.39 is 0 Å². The van der Waals surface area contributed by atoms with E-state index in [2.05, 4.69) is 76.0 Å². The zero-order chi connectivity index (χ0) is 12.9. The van der Waals surface area contributed by atoms with Crippen LogP contribution in [0.15, 0.2) is 24.3 Å². The summed E-state index contributed by atoms with van der Waals surface area (Å²) in [5.41, 5.74) is 2.77. The molecule has 0 fully saturated rings. The highest BCUT2D eigenvalue weighted by Gasteiger charge is 2.06. The Morgan fingerprint density at radius 2 is 1.88 bits per heavy atom. The molecule has 0 spiro atoms. The second-order valence-corrected chi connectivity index (χ2v) is 5.51. The van der Waals surface area contributed by atoms with E-state index in [1.165, 1.54) is 11.1 Å². The van der Waals surface area contributed by atoms with E-state index in [-0.39, 0.29) is 5.41 Å². The molecule has 0 saturated heterocycles. The Hall–Kier alpha value is -1.26. The maximum atomic E-state index is 3.44. The van der Waals surface area contributed by atoms with Crippen LogP contribution in [0.4, 0.5) is 0 Å². The molecule has 1 nitrogen and oxygen atoms in total. The van der Waals surface area contributed by atoms with Gasteiger partial charge >= 0.3 is 0 Å². The summed E-state index contributed by atoms with van der Waals surface area (Å²) in [4.78, 5) is 0. The SMILES string of the molecule is Cc1ccccc1C(C)NCC#CC(C)(C)C. The Bertz CT molecular complexity index is 415. The van der Waals surface area contributed by atoms with E-state index in [0.29, 0.717) is 6.04 Å². The smallest absolute Gasteiger partial charge is 0.0581 e. The molecular formula is C16H23N. The maximum absolute atomic E-state index is 3.44. The van der Waals surface area contributed by atoms with Gasteiger partial charge in [-0.25, -0.2) is 0 Å². The molecule has 17 heavy (non-hydrogen) atoms. The molecule has 1 heteroatoms. The van der Waals surface area contributed by atoms with Gasteiger partial charge in [0, 0.05) is 11.5 Å². The topological polar surface area (TPSA) is 12.0 Å². The second-order valence-electron chi connectivity index (χ2n) is 5.51. The molecule has 0 aliphatic rings. The molecular weight excluding hydrogens is 206 g/mol. The Labute approximate surface area is 106 Å². The molecule has 1 aromatic carbocycles. The number of rotatable bonds is 3. The summed E-state index contributed by atoms with van der Waals surface area (Å²) in [6.45, 7) is 11.5. The Kier molecular flexibility index (Phi) is 4.78. The maximum Gasteiger partial charge on any atom is 0.0581 e. The van der Waals surface area contributed by atoms with Crippen LogP contribution in [-0.4, -0.2) is 6.54 Å². The van der Waals surface area contributed by atoms with Crippen molar-refractivity contribution in [1.29, 1.82) is 0 Å². The lowest BCUT2D eigenvalue weighted by molar-refractivity contribution is 0.568. The first kappa shape index (κ1) is 13.8. The molecule has 0 heterocycles. The standard InChI is InChI=1S/C16H23N/c1-13-9-6-7-10-15(13)14(2)17-12-8-11-16(3,4)5/h6-7,9-10,14,17H,12H2,1-5H3. The first-order chi connectivity index (χ1) is 7.90. The third-order valence-corrected chi connectivity index (χ3v) is 2.61. The summed E-state index contributed by atoms with van der Waals surface area (Å²) in [7, 11) is 0. The van der Waals surface area contributed by atoms with E-state index in [1.54, 1.807) is 0 Å². The monoisotopic (exact) mass is 229 g/mol. The van der Waals surface area contributed by atoms with Crippen molar-refractivity contribution in [3.63, 3.8) is 0 Å². The van der Waals surface area contributed by atoms with Crippen LogP contribution in [0.1, 0.15) is 44.9 Å². The number of nitrogens with one attached hydrogen (secondary N) is 1. The molecule has 1 rings (SSSR count). The molecule has 0 aliphatic carbocycles. The van der Waals surface area contributed by atoms with Crippen molar-refractivity contribution in [3.8, 4) is 11.8 Å². The fourth-order valence-electron chi connectivity index (χ4n) is 1.70. The van der Waals surface area contributed by atoms with Crippen LogP contribution in [0, 0.1) is 24.2 Å². The van der Waals surface area contributed by atoms with Gasteiger partial charge in [0.15, 0.2) is 0 Å². The first-order valence-corrected chi connectivity index (χ1v) is 6.19. The van der Waals surface area contributed by atoms with E-state index in [4.69, 9.17) is 0 Å². The molecule has 0 amide bonds. The van der Waals surface area contributed by atoms with Crippen LogP contribution in [0.25, 0.3) is 0 Å². The molecule has 1 atom stereocenters. The van der Waals surface area contributed by atoms with Crippen molar-refractivity contribution < 1.29 is 0 Å². The van der Waals surface area contributed by atoms with Gasteiger partial charge in [-0.3, -0.25) is 5.32 Å². The van der Waals surface area contributed by atoms with Crippen LogP contribution in [-0.2, 0) is 0 Å². The summed E-state index contributed by atoms with van der Waals surface area (Å²) in [5, 5.41) is 3.44. The molecule has 92 valence electrons. The number of benzene rings is 1. The van der Waals surface area contributed by atoms with Crippen LogP contribution < -0.4 is 5.32 Å². The lowest BCUT2D eigenvalue weighted by Crippen LogP contribution is -2.19. The highest BCUT2D eigenvalue weighted by atomic mass is 14.9. The summed E-state index contributed by atoms with van der Waals surface area (Å²) in [5.74, 6) is 6.42. The molecule has 1 N–H and O–H groups in total. The molecule has 0 saturated carbocycles. The zero-order valence-corrected chi connectivity index (χ0v) is 11.6. The minimum Gasteiger partial charge on any atom is -0.300 e. The summed E-state index contributed by atoms with van der Waals surface area (Å²) in [6.07, 6.45) is 0.